The Morgan fingerprint density at radius 2 is 1.73 bits per heavy atom. The van der Waals surface area contributed by atoms with Crippen LogP contribution in [0.1, 0.15) is 76.2 Å². The molecule has 0 saturated heterocycles. The molecule has 0 aliphatic heterocycles. The summed E-state index contributed by atoms with van der Waals surface area (Å²) in [5.74, 6) is -5.29. The first-order valence-corrected chi connectivity index (χ1v) is 15.9. The SMILES string of the molecule is [2H]c1c([2H])c(-c2c([2H])c([2H])c(C(F)(F)F)c(C)c2[2H])c([2H])c([2H])c1CN(CCN(CC)CC)C(=O)C([2H])([2H])n1c(SC([2H])([2H])c2ccc(F)cc2)nc(=O)c2c1C([2H])([2H])C([2H])(C)C2([2H])[2H]. The highest BCUT2D eigenvalue weighted by Gasteiger charge is 2.32. The van der Waals surface area contributed by atoms with Crippen LogP contribution in [0.15, 0.2) is 76.5 Å². The lowest BCUT2D eigenvalue weighted by Crippen LogP contribution is -2.40. The van der Waals surface area contributed by atoms with E-state index in [1.807, 2.05) is 0 Å². The first-order valence-electron chi connectivity index (χ1n) is 23.1. The Morgan fingerprint density at radius 3 is 2.39 bits per heavy atom. The second kappa shape index (κ2) is 15.7. The van der Waals surface area contributed by atoms with Crippen LogP contribution in [0.2, 0.25) is 0 Å². The van der Waals surface area contributed by atoms with Crippen LogP contribution >= 0.6 is 11.8 Å². The summed E-state index contributed by atoms with van der Waals surface area (Å²) < 4.78 is 197. The Labute approximate surface area is 311 Å². The lowest BCUT2D eigenvalue weighted by Gasteiger charge is -2.28. The maximum absolute atomic E-state index is 15.0. The summed E-state index contributed by atoms with van der Waals surface area (Å²) in [5.41, 5.74) is -11.4. The number of halogens is 4. The molecule has 49 heavy (non-hydrogen) atoms. The minimum atomic E-state index is -5.16. The number of benzene rings is 3. The Bertz CT molecular complexity index is 2570. The number of fused-ring (bicyclic) bond motifs is 1. The summed E-state index contributed by atoms with van der Waals surface area (Å²) >= 11 is -0.00974. The molecular formula is C38H42F4N4O2S. The molecule has 1 aromatic heterocycles. The fourth-order valence-corrected chi connectivity index (χ4v) is 5.49. The standard InChI is InChI=1S/C38H42F4N4O2S/c1-5-44(6-2)17-18-45(22-27-7-11-29(12-8-27)30-13-16-33(26(4)21-30)38(40,41)42)35(47)23-46-34-20-25(3)19-32(34)36(48)43-37(46)49-24-28-9-14-31(39)15-10-28/h7-16,21,25H,5-6,17-20,22-24H2,1-4H3/i7D,8D,11D,12D,13D,16D,19D2,20D2,21D,23D2,24D2,25D. The smallest absolute Gasteiger partial charge is 0.336 e. The highest BCUT2D eigenvalue weighted by molar-refractivity contribution is 7.98. The van der Waals surface area contributed by atoms with Gasteiger partial charge in [-0.15, -0.1) is 0 Å². The van der Waals surface area contributed by atoms with Crippen LogP contribution < -0.4 is 5.56 Å². The van der Waals surface area contributed by atoms with Crippen molar-refractivity contribution in [1.29, 1.82) is 0 Å². The monoisotopic (exact) mass is 710 g/mol. The summed E-state index contributed by atoms with van der Waals surface area (Å²) in [6.45, 7) is 0.732. The van der Waals surface area contributed by atoms with Gasteiger partial charge in [-0.2, -0.15) is 18.2 Å². The van der Waals surface area contributed by atoms with Crippen molar-refractivity contribution >= 4 is 17.7 Å². The van der Waals surface area contributed by atoms with Crippen molar-refractivity contribution in [3.05, 3.63) is 116 Å². The van der Waals surface area contributed by atoms with Crippen molar-refractivity contribution in [2.45, 2.75) is 70.5 Å². The Morgan fingerprint density at radius 1 is 1.06 bits per heavy atom. The number of rotatable bonds is 13. The molecule has 11 heteroatoms. The molecule has 6 nitrogen and oxygen atoms in total. The van der Waals surface area contributed by atoms with Crippen LogP contribution in [0.5, 0.6) is 0 Å². The average Bonchev–Trinajstić information content (AvgIpc) is 3.31. The third-order valence-electron chi connectivity index (χ3n) is 7.42. The number of thioether (sulfide) groups is 1. The predicted molar refractivity (Wildman–Crippen MR) is 186 cm³/mol. The number of likely N-dealkylation sites (N-methyl/N-ethyl adjacent to an activating group) is 1. The molecule has 1 atom stereocenters. The predicted octanol–water partition coefficient (Wildman–Crippen LogP) is 7.77. The first-order chi connectivity index (χ1) is 29.7. The van der Waals surface area contributed by atoms with Crippen molar-refractivity contribution in [2.24, 2.45) is 5.89 Å². The maximum Gasteiger partial charge on any atom is 0.416 e. The van der Waals surface area contributed by atoms with Gasteiger partial charge < -0.3 is 14.4 Å². The summed E-state index contributed by atoms with van der Waals surface area (Å²) in [7, 11) is 0. The van der Waals surface area contributed by atoms with Gasteiger partial charge in [-0.3, -0.25) is 9.59 Å². The summed E-state index contributed by atoms with van der Waals surface area (Å²) in [5, 5.41) is -1.01. The van der Waals surface area contributed by atoms with Gasteiger partial charge in [-0.1, -0.05) is 80.9 Å². The van der Waals surface area contributed by atoms with E-state index in [9.17, 15) is 29.9 Å². The van der Waals surface area contributed by atoms with Crippen LogP contribution in [0.25, 0.3) is 11.1 Å². The topological polar surface area (TPSA) is 58.4 Å². The number of amides is 1. The highest BCUT2D eigenvalue weighted by Crippen LogP contribution is 2.34. The molecule has 0 fully saturated rings. The fraction of sp³-hybridized carbons (Fsp3) is 0.395. The van der Waals surface area contributed by atoms with Crippen LogP contribution in [-0.2, 0) is 42.5 Å². The number of aromatic nitrogens is 2. The lowest BCUT2D eigenvalue weighted by molar-refractivity contribution is -0.138. The van der Waals surface area contributed by atoms with Crippen LogP contribution in [-0.4, -0.2) is 51.4 Å². The molecule has 0 radical (unpaired) electrons. The van der Waals surface area contributed by atoms with Crippen molar-refractivity contribution in [3.63, 3.8) is 0 Å². The number of carbonyl (C=O) groups excluding carboxylic acids is 1. The highest BCUT2D eigenvalue weighted by atomic mass is 32.2. The van der Waals surface area contributed by atoms with Gasteiger partial charge in [0.1, 0.15) is 12.3 Å². The van der Waals surface area contributed by atoms with Crippen molar-refractivity contribution < 1.29 is 44.3 Å². The van der Waals surface area contributed by atoms with E-state index in [0.717, 1.165) is 38.1 Å². The van der Waals surface area contributed by atoms with Gasteiger partial charge in [0.2, 0.25) is 5.91 Å². The van der Waals surface area contributed by atoms with E-state index in [2.05, 4.69) is 4.98 Å². The Hall–Kier alpha value is -3.96. The minimum absolute atomic E-state index is 0.00974. The van der Waals surface area contributed by atoms with E-state index in [4.69, 9.17) is 19.2 Å². The summed E-state index contributed by atoms with van der Waals surface area (Å²) in [6.07, 6.45) is -11.7. The van der Waals surface area contributed by atoms with Crippen molar-refractivity contribution in [2.75, 3.05) is 26.2 Å². The van der Waals surface area contributed by atoms with E-state index in [-0.39, 0.29) is 28.4 Å². The van der Waals surface area contributed by atoms with E-state index in [0.29, 0.717) is 18.0 Å². The van der Waals surface area contributed by atoms with E-state index in [1.54, 1.807) is 18.7 Å². The molecule has 3 aromatic carbocycles. The van der Waals surface area contributed by atoms with Gasteiger partial charge in [0, 0.05) is 46.2 Å². The van der Waals surface area contributed by atoms with Gasteiger partial charge >= 0.3 is 6.18 Å². The zero-order chi connectivity index (χ0) is 49.5. The number of alkyl halides is 3. The van der Waals surface area contributed by atoms with Crippen LogP contribution in [0.4, 0.5) is 17.6 Å². The lowest BCUT2D eigenvalue weighted by atomic mass is 9.98. The van der Waals surface area contributed by atoms with E-state index in [1.165, 1.54) is 0 Å². The number of hydrogen-bond acceptors (Lipinski definition) is 5. The number of hydrogen-bond donors (Lipinski definition) is 0. The third-order valence-corrected chi connectivity index (χ3v) is 8.21. The quantitative estimate of drug-likeness (QED) is 0.0807. The molecule has 1 amide bonds. The zero-order valence-electron chi connectivity index (χ0n) is 42.9. The van der Waals surface area contributed by atoms with Gasteiger partial charge in [0.25, 0.3) is 5.56 Å². The van der Waals surface area contributed by atoms with Gasteiger partial charge in [0.05, 0.1) is 17.9 Å². The van der Waals surface area contributed by atoms with E-state index >= 15 is 0 Å². The van der Waals surface area contributed by atoms with Gasteiger partial charge in [0.15, 0.2) is 5.16 Å². The molecule has 260 valence electrons. The summed E-state index contributed by atoms with van der Waals surface area (Å²) in [6, 6.07) is -3.59. The molecule has 0 bridgehead atoms. The average molecular weight is 711 g/mol. The molecule has 1 unspecified atom stereocenters. The molecule has 5 rings (SSSR count). The molecule has 0 saturated carbocycles. The minimum Gasteiger partial charge on any atom is -0.336 e. The largest absolute Gasteiger partial charge is 0.416 e. The van der Waals surface area contributed by atoms with Crippen LogP contribution in [0.3, 0.4) is 0 Å². The fourth-order valence-electron chi connectivity index (χ4n) is 4.79. The zero-order valence-corrected chi connectivity index (χ0v) is 27.7. The van der Waals surface area contributed by atoms with Gasteiger partial charge in [-0.25, -0.2) is 4.39 Å². The number of nitrogens with zero attached hydrogens (tertiary/aromatic N) is 4. The van der Waals surface area contributed by atoms with Gasteiger partial charge in [-0.05, 0) is 84.6 Å². The second-order valence-corrected chi connectivity index (χ2v) is 11.6. The second-order valence-electron chi connectivity index (χ2n) is 10.8. The normalized spacial score (nSPS) is 23.2. The maximum atomic E-state index is 15.0. The molecule has 1 heterocycles. The van der Waals surface area contributed by atoms with Crippen molar-refractivity contribution in [1.82, 2.24) is 19.4 Å². The molecular weight excluding hydrogens is 653 g/mol. The first kappa shape index (κ1) is 20.7. The Balaban J connectivity index is 1.77. The molecule has 1 aliphatic rings. The third kappa shape index (κ3) is 8.99. The Kier molecular flexibility index (Phi) is 6.62. The van der Waals surface area contributed by atoms with Crippen molar-refractivity contribution in [3.8, 4) is 11.1 Å². The van der Waals surface area contributed by atoms with E-state index < -0.39 is 154 Å². The molecule has 4 aromatic rings. The molecule has 0 N–H and O–H groups in total. The van der Waals surface area contributed by atoms with Crippen LogP contribution in [0, 0.1) is 18.6 Å². The number of carbonyl (C=O) groups is 1. The summed E-state index contributed by atoms with van der Waals surface area (Å²) in [4.78, 5) is 34.9. The molecule has 1 aliphatic carbocycles. The molecule has 0 spiro atoms.